The Labute approximate surface area is 137 Å². The lowest BCUT2D eigenvalue weighted by atomic mass is 9.95. The van der Waals surface area contributed by atoms with Gasteiger partial charge in [-0.25, -0.2) is 8.42 Å². The summed E-state index contributed by atoms with van der Waals surface area (Å²) in [6.07, 6.45) is 5.30. The van der Waals surface area contributed by atoms with Crippen molar-refractivity contribution in [1.82, 2.24) is 8.87 Å². The Morgan fingerprint density at radius 2 is 2.04 bits per heavy atom. The molecule has 8 heteroatoms. The minimum Gasteiger partial charge on any atom is -0.392 e. The number of aryl methyl sites for hydroxylation is 1. The first-order chi connectivity index (χ1) is 10.7. The molecule has 1 aliphatic rings. The average Bonchev–Trinajstić information content (AvgIpc) is 2.88. The van der Waals surface area contributed by atoms with Gasteiger partial charge >= 0.3 is 0 Å². The first kappa shape index (κ1) is 18.0. The number of aromatic nitrogens is 1. The van der Waals surface area contributed by atoms with E-state index in [4.69, 9.17) is 5.73 Å². The van der Waals surface area contributed by atoms with Crippen molar-refractivity contribution in [2.75, 3.05) is 6.54 Å². The SMILES string of the molecule is CC(O)CN(C1CCCCC1)S(=O)(=O)c1cc(C(N)=O)n(C)c1. The Hall–Kier alpha value is -1.38. The van der Waals surface area contributed by atoms with E-state index in [0.717, 1.165) is 32.1 Å². The third-order valence-corrected chi connectivity index (χ3v) is 6.15. The summed E-state index contributed by atoms with van der Waals surface area (Å²) in [7, 11) is -2.20. The fourth-order valence-electron chi connectivity index (χ4n) is 3.13. The Kier molecular flexibility index (Phi) is 5.49. The lowest BCUT2D eigenvalue weighted by Gasteiger charge is -2.33. The maximum absolute atomic E-state index is 13.0. The number of carbonyl (C=O) groups excluding carboxylic acids is 1. The molecule has 0 aromatic carbocycles. The van der Waals surface area contributed by atoms with Gasteiger partial charge < -0.3 is 15.4 Å². The zero-order valence-electron chi connectivity index (χ0n) is 13.6. The van der Waals surface area contributed by atoms with Crippen molar-refractivity contribution in [2.24, 2.45) is 12.8 Å². The summed E-state index contributed by atoms with van der Waals surface area (Å²) in [6.45, 7) is 1.62. The van der Waals surface area contributed by atoms with E-state index in [0.29, 0.717) is 0 Å². The van der Waals surface area contributed by atoms with Gasteiger partial charge in [0.2, 0.25) is 10.0 Å². The Bertz CT molecular complexity index is 660. The van der Waals surface area contributed by atoms with Gasteiger partial charge in [0.25, 0.3) is 5.91 Å². The minimum absolute atomic E-state index is 0.0417. The molecule has 1 aromatic heterocycles. The quantitative estimate of drug-likeness (QED) is 0.798. The van der Waals surface area contributed by atoms with Crippen LogP contribution < -0.4 is 5.73 Å². The number of amides is 1. The molecule has 0 aliphatic heterocycles. The van der Waals surface area contributed by atoms with Crippen LogP contribution in [0.25, 0.3) is 0 Å². The molecule has 1 aromatic rings. The molecule has 1 amide bonds. The molecule has 3 N–H and O–H groups in total. The van der Waals surface area contributed by atoms with Crippen LogP contribution in [-0.2, 0) is 17.1 Å². The van der Waals surface area contributed by atoms with Crippen LogP contribution in [0.2, 0.25) is 0 Å². The molecule has 0 bridgehead atoms. The highest BCUT2D eigenvalue weighted by Crippen LogP contribution is 2.28. The smallest absolute Gasteiger partial charge is 0.265 e. The Balaban J connectivity index is 2.38. The molecule has 130 valence electrons. The molecular weight excluding hydrogens is 318 g/mol. The third-order valence-electron chi connectivity index (χ3n) is 4.27. The second-order valence-electron chi connectivity index (χ2n) is 6.25. The van der Waals surface area contributed by atoms with Crippen molar-refractivity contribution >= 4 is 15.9 Å². The van der Waals surface area contributed by atoms with E-state index in [-0.39, 0.29) is 23.2 Å². The topological polar surface area (TPSA) is 106 Å². The molecule has 1 unspecified atom stereocenters. The summed E-state index contributed by atoms with van der Waals surface area (Å²) in [5, 5.41) is 9.73. The molecule has 2 rings (SSSR count). The highest BCUT2D eigenvalue weighted by Gasteiger charge is 2.34. The second kappa shape index (κ2) is 7.02. The Morgan fingerprint density at radius 3 is 2.52 bits per heavy atom. The number of rotatable bonds is 6. The van der Waals surface area contributed by atoms with Crippen molar-refractivity contribution < 1.29 is 18.3 Å². The molecule has 1 atom stereocenters. The van der Waals surface area contributed by atoms with Crippen LogP contribution in [0.3, 0.4) is 0 Å². The first-order valence-electron chi connectivity index (χ1n) is 7.89. The van der Waals surface area contributed by atoms with Crippen molar-refractivity contribution in [3.8, 4) is 0 Å². The molecule has 23 heavy (non-hydrogen) atoms. The van der Waals surface area contributed by atoms with Crippen LogP contribution in [0.5, 0.6) is 0 Å². The molecule has 1 saturated carbocycles. The second-order valence-corrected chi connectivity index (χ2v) is 8.14. The van der Waals surface area contributed by atoms with Gasteiger partial charge in [0.15, 0.2) is 0 Å². The molecular formula is C15H25N3O4S. The number of nitrogens with zero attached hydrogens (tertiary/aromatic N) is 2. The van der Waals surface area contributed by atoms with Gasteiger partial charge in [-0.15, -0.1) is 0 Å². The predicted octanol–water partition coefficient (Wildman–Crippen LogP) is 0.828. The van der Waals surface area contributed by atoms with Crippen LogP contribution >= 0.6 is 0 Å². The lowest BCUT2D eigenvalue weighted by Crippen LogP contribution is -2.44. The van der Waals surface area contributed by atoms with E-state index >= 15 is 0 Å². The number of nitrogens with two attached hydrogens (primary N) is 1. The summed E-state index contributed by atoms with van der Waals surface area (Å²) >= 11 is 0. The number of aliphatic hydroxyl groups excluding tert-OH is 1. The molecule has 0 saturated heterocycles. The van der Waals surface area contributed by atoms with Gasteiger partial charge in [-0.1, -0.05) is 19.3 Å². The summed E-state index contributed by atoms with van der Waals surface area (Å²) in [4.78, 5) is 11.4. The maximum atomic E-state index is 13.0. The number of primary amides is 1. The summed E-state index contributed by atoms with van der Waals surface area (Å²) in [5.74, 6) is -0.673. The zero-order valence-corrected chi connectivity index (χ0v) is 14.4. The lowest BCUT2D eigenvalue weighted by molar-refractivity contribution is 0.0992. The largest absolute Gasteiger partial charge is 0.392 e. The maximum Gasteiger partial charge on any atom is 0.265 e. The summed E-state index contributed by atoms with van der Waals surface area (Å²) < 4.78 is 28.8. The number of sulfonamides is 1. The van der Waals surface area contributed by atoms with Gasteiger partial charge in [0, 0.05) is 25.8 Å². The molecule has 1 fully saturated rings. The zero-order chi connectivity index (χ0) is 17.2. The summed E-state index contributed by atoms with van der Waals surface area (Å²) in [6, 6.07) is 1.19. The first-order valence-corrected chi connectivity index (χ1v) is 9.33. The Morgan fingerprint density at radius 1 is 1.43 bits per heavy atom. The number of hydrogen-bond acceptors (Lipinski definition) is 4. The molecule has 1 heterocycles. The fourth-order valence-corrected chi connectivity index (χ4v) is 4.97. The van der Waals surface area contributed by atoms with Gasteiger partial charge in [-0.2, -0.15) is 4.31 Å². The van der Waals surface area contributed by atoms with E-state index < -0.39 is 22.0 Å². The minimum atomic E-state index is -3.79. The molecule has 0 radical (unpaired) electrons. The van der Waals surface area contributed by atoms with Gasteiger partial charge in [0.1, 0.15) is 10.6 Å². The van der Waals surface area contributed by atoms with Crippen LogP contribution in [-0.4, -0.2) is 47.0 Å². The van der Waals surface area contributed by atoms with E-state index in [1.54, 1.807) is 14.0 Å². The van der Waals surface area contributed by atoms with Crippen LogP contribution in [0, 0.1) is 0 Å². The van der Waals surface area contributed by atoms with Gasteiger partial charge in [-0.3, -0.25) is 4.79 Å². The molecule has 7 nitrogen and oxygen atoms in total. The van der Waals surface area contributed by atoms with Crippen molar-refractivity contribution in [1.29, 1.82) is 0 Å². The van der Waals surface area contributed by atoms with Crippen molar-refractivity contribution in [2.45, 2.75) is 56.1 Å². The highest BCUT2D eigenvalue weighted by atomic mass is 32.2. The van der Waals surface area contributed by atoms with Crippen molar-refractivity contribution in [3.05, 3.63) is 18.0 Å². The van der Waals surface area contributed by atoms with Crippen LogP contribution in [0.15, 0.2) is 17.2 Å². The number of hydrogen-bond donors (Lipinski definition) is 2. The standard InChI is InChI=1S/C15H25N3O4S/c1-11(19)9-18(12-6-4-3-5-7-12)23(21,22)13-8-14(15(16)20)17(2)10-13/h8,10-12,19H,3-7,9H2,1-2H3,(H2,16,20). The van der Waals surface area contributed by atoms with E-state index in [1.165, 1.54) is 21.1 Å². The highest BCUT2D eigenvalue weighted by molar-refractivity contribution is 7.89. The normalized spacial score (nSPS) is 18.3. The fraction of sp³-hybridized carbons (Fsp3) is 0.667. The average molecular weight is 343 g/mol. The monoisotopic (exact) mass is 343 g/mol. The molecule has 1 aliphatic carbocycles. The third kappa shape index (κ3) is 3.94. The number of carbonyl (C=O) groups is 1. The van der Waals surface area contributed by atoms with E-state index in [9.17, 15) is 18.3 Å². The van der Waals surface area contributed by atoms with Gasteiger partial charge in [0.05, 0.1) is 6.10 Å². The van der Waals surface area contributed by atoms with Gasteiger partial charge in [-0.05, 0) is 25.8 Å². The summed E-state index contributed by atoms with van der Waals surface area (Å²) in [5.41, 5.74) is 5.41. The molecule has 0 spiro atoms. The van der Waals surface area contributed by atoms with E-state index in [1.807, 2.05) is 0 Å². The van der Waals surface area contributed by atoms with Crippen LogP contribution in [0.4, 0.5) is 0 Å². The van der Waals surface area contributed by atoms with E-state index in [2.05, 4.69) is 0 Å². The predicted molar refractivity (Wildman–Crippen MR) is 86.4 cm³/mol. The van der Waals surface area contributed by atoms with Crippen LogP contribution in [0.1, 0.15) is 49.5 Å². The number of aliphatic hydroxyl groups is 1. The van der Waals surface area contributed by atoms with Crippen molar-refractivity contribution in [3.63, 3.8) is 0 Å².